The Labute approximate surface area is 86.5 Å². The average Bonchev–Trinajstić information content (AvgIpc) is 2.27. The standard InChI is InChI=1S/C9H20O4Si/c1-11-14(12-2,13-8-10)9-6-4-3-5-7-9/h9-10H,3-8H2,1-2H3. The largest absolute Gasteiger partial charge is 0.505 e. The van der Waals surface area contributed by atoms with Crippen molar-refractivity contribution in [2.24, 2.45) is 0 Å². The van der Waals surface area contributed by atoms with Crippen LogP contribution in [-0.4, -0.2) is 34.9 Å². The van der Waals surface area contributed by atoms with Gasteiger partial charge < -0.3 is 18.4 Å². The Hall–Kier alpha value is 0.0569. The minimum atomic E-state index is -2.59. The first kappa shape index (κ1) is 12.1. The number of hydrogen-bond donors (Lipinski definition) is 1. The van der Waals surface area contributed by atoms with Gasteiger partial charge in [-0.1, -0.05) is 19.3 Å². The van der Waals surface area contributed by atoms with Crippen molar-refractivity contribution in [1.29, 1.82) is 0 Å². The predicted octanol–water partition coefficient (Wildman–Crippen LogP) is 1.52. The highest BCUT2D eigenvalue weighted by Crippen LogP contribution is 2.37. The van der Waals surface area contributed by atoms with E-state index in [1.807, 2.05) is 0 Å². The second kappa shape index (κ2) is 5.82. The summed E-state index contributed by atoms with van der Waals surface area (Å²) in [5, 5.41) is 8.85. The van der Waals surface area contributed by atoms with E-state index in [1.54, 1.807) is 14.2 Å². The van der Waals surface area contributed by atoms with Crippen LogP contribution in [0.2, 0.25) is 5.54 Å². The Morgan fingerprint density at radius 3 is 2.14 bits per heavy atom. The molecule has 0 spiro atoms. The first-order chi connectivity index (χ1) is 6.79. The molecule has 0 atom stereocenters. The molecule has 1 fully saturated rings. The summed E-state index contributed by atoms with van der Waals surface area (Å²) >= 11 is 0. The number of aliphatic hydroxyl groups is 1. The van der Waals surface area contributed by atoms with Gasteiger partial charge in [0.15, 0.2) is 0 Å². The third-order valence-corrected chi connectivity index (χ3v) is 6.19. The van der Waals surface area contributed by atoms with Crippen LogP contribution in [0.3, 0.4) is 0 Å². The molecule has 1 rings (SSSR count). The number of hydrogen-bond acceptors (Lipinski definition) is 4. The molecule has 14 heavy (non-hydrogen) atoms. The van der Waals surface area contributed by atoms with Gasteiger partial charge in [-0.05, 0) is 12.8 Å². The van der Waals surface area contributed by atoms with Crippen LogP contribution in [0.25, 0.3) is 0 Å². The fourth-order valence-corrected chi connectivity index (χ4v) is 4.80. The van der Waals surface area contributed by atoms with Crippen molar-refractivity contribution in [3.8, 4) is 0 Å². The van der Waals surface area contributed by atoms with Gasteiger partial charge in [0.1, 0.15) is 6.79 Å². The van der Waals surface area contributed by atoms with Gasteiger partial charge >= 0.3 is 8.80 Å². The van der Waals surface area contributed by atoms with Crippen LogP contribution in [0.5, 0.6) is 0 Å². The van der Waals surface area contributed by atoms with Gasteiger partial charge in [0, 0.05) is 19.8 Å². The SMILES string of the molecule is CO[Si](OC)(OCO)C1CCCCC1. The number of aliphatic hydroxyl groups excluding tert-OH is 1. The Morgan fingerprint density at radius 1 is 1.14 bits per heavy atom. The van der Waals surface area contributed by atoms with Crippen molar-refractivity contribution >= 4 is 8.80 Å². The zero-order valence-corrected chi connectivity index (χ0v) is 9.99. The fourth-order valence-electron chi connectivity index (χ4n) is 2.20. The molecule has 0 saturated heterocycles. The predicted molar refractivity (Wildman–Crippen MR) is 54.8 cm³/mol. The maximum absolute atomic E-state index is 8.85. The molecular weight excluding hydrogens is 200 g/mol. The summed E-state index contributed by atoms with van der Waals surface area (Å²) in [7, 11) is 0.630. The highest BCUT2D eigenvalue weighted by atomic mass is 28.4. The summed E-state index contributed by atoms with van der Waals surface area (Å²) in [6.07, 6.45) is 5.89. The average molecular weight is 220 g/mol. The molecule has 1 aliphatic rings. The Balaban J connectivity index is 2.62. The maximum Gasteiger partial charge on any atom is 0.505 e. The van der Waals surface area contributed by atoms with Crippen molar-refractivity contribution in [3.63, 3.8) is 0 Å². The van der Waals surface area contributed by atoms with Crippen molar-refractivity contribution < 1.29 is 18.4 Å². The molecule has 4 nitrogen and oxygen atoms in total. The molecule has 0 aromatic carbocycles. The summed E-state index contributed by atoms with van der Waals surface area (Å²) in [4.78, 5) is 0. The normalized spacial score (nSPS) is 19.9. The van der Waals surface area contributed by atoms with Crippen molar-refractivity contribution in [1.82, 2.24) is 0 Å². The van der Waals surface area contributed by atoms with E-state index in [9.17, 15) is 0 Å². The molecule has 84 valence electrons. The summed E-state index contributed by atoms with van der Waals surface area (Å²) in [6.45, 7) is -0.315. The summed E-state index contributed by atoms with van der Waals surface area (Å²) < 4.78 is 16.1. The lowest BCUT2D eigenvalue weighted by atomic mass is 10.0. The molecule has 0 radical (unpaired) electrons. The monoisotopic (exact) mass is 220 g/mol. The molecule has 0 aliphatic heterocycles. The van der Waals surface area contributed by atoms with Crippen LogP contribution < -0.4 is 0 Å². The van der Waals surface area contributed by atoms with Gasteiger partial charge in [0.25, 0.3) is 0 Å². The zero-order valence-electron chi connectivity index (χ0n) is 8.99. The van der Waals surface area contributed by atoms with E-state index >= 15 is 0 Å². The molecule has 5 heteroatoms. The summed E-state index contributed by atoms with van der Waals surface area (Å²) in [5.41, 5.74) is 0.360. The van der Waals surface area contributed by atoms with Gasteiger partial charge in [0.2, 0.25) is 0 Å². The second-order valence-electron chi connectivity index (χ2n) is 3.62. The van der Waals surface area contributed by atoms with E-state index in [0.29, 0.717) is 5.54 Å². The smallest absolute Gasteiger partial charge is 0.377 e. The number of rotatable bonds is 5. The van der Waals surface area contributed by atoms with E-state index in [2.05, 4.69) is 0 Å². The molecule has 1 saturated carbocycles. The van der Waals surface area contributed by atoms with Gasteiger partial charge in [0.05, 0.1) is 0 Å². The molecule has 0 aromatic heterocycles. The van der Waals surface area contributed by atoms with Crippen LogP contribution in [0, 0.1) is 0 Å². The van der Waals surface area contributed by atoms with Gasteiger partial charge in [-0.3, -0.25) is 0 Å². The van der Waals surface area contributed by atoms with Crippen LogP contribution in [0.4, 0.5) is 0 Å². The quantitative estimate of drug-likeness (QED) is 0.564. The lowest BCUT2D eigenvalue weighted by molar-refractivity contribution is 0.00602. The third-order valence-electron chi connectivity index (χ3n) is 2.94. The van der Waals surface area contributed by atoms with Crippen LogP contribution >= 0.6 is 0 Å². The van der Waals surface area contributed by atoms with Gasteiger partial charge in [-0.25, -0.2) is 0 Å². The first-order valence-electron chi connectivity index (χ1n) is 5.14. The molecule has 1 aliphatic carbocycles. The molecule has 0 aromatic rings. The Morgan fingerprint density at radius 2 is 1.71 bits per heavy atom. The lowest BCUT2D eigenvalue weighted by Gasteiger charge is -2.35. The first-order valence-corrected chi connectivity index (χ1v) is 6.94. The minimum absolute atomic E-state index is 0.315. The molecule has 0 amide bonds. The second-order valence-corrected chi connectivity index (χ2v) is 6.75. The Bertz CT molecular complexity index is 155. The summed E-state index contributed by atoms with van der Waals surface area (Å²) in [5.74, 6) is 0. The minimum Gasteiger partial charge on any atom is -0.377 e. The van der Waals surface area contributed by atoms with Crippen LogP contribution in [-0.2, 0) is 13.3 Å². The fraction of sp³-hybridized carbons (Fsp3) is 1.00. The highest BCUT2D eigenvalue weighted by Gasteiger charge is 2.48. The van der Waals surface area contributed by atoms with Gasteiger partial charge in [-0.2, -0.15) is 0 Å². The van der Waals surface area contributed by atoms with E-state index in [1.165, 1.54) is 19.3 Å². The van der Waals surface area contributed by atoms with E-state index in [0.717, 1.165) is 12.8 Å². The van der Waals surface area contributed by atoms with Gasteiger partial charge in [-0.15, -0.1) is 0 Å². The maximum atomic E-state index is 8.85. The third kappa shape index (κ3) is 2.55. The molecule has 1 N–H and O–H groups in total. The topological polar surface area (TPSA) is 47.9 Å². The van der Waals surface area contributed by atoms with E-state index in [4.69, 9.17) is 18.4 Å². The van der Waals surface area contributed by atoms with Crippen LogP contribution in [0.1, 0.15) is 32.1 Å². The zero-order chi connectivity index (χ0) is 10.4. The van der Waals surface area contributed by atoms with E-state index < -0.39 is 8.80 Å². The molecular formula is C9H20O4Si. The summed E-state index contributed by atoms with van der Waals surface area (Å²) in [6, 6.07) is 0. The van der Waals surface area contributed by atoms with Crippen molar-refractivity contribution in [2.45, 2.75) is 37.6 Å². The Kier molecular flexibility index (Phi) is 5.04. The van der Waals surface area contributed by atoms with Crippen molar-refractivity contribution in [3.05, 3.63) is 0 Å². The highest BCUT2D eigenvalue weighted by molar-refractivity contribution is 6.62. The van der Waals surface area contributed by atoms with Crippen molar-refractivity contribution in [2.75, 3.05) is 21.0 Å². The lowest BCUT2D eigenvalue weighted by Crippen LogP contribution is -2.49. The molecule has 0 heterocycles. The van der Waals surface area contributed by atoms with E-state index in [-0.39, 0.29) is 6.79 Å². The van der Waals surface area contributed by atoms with Crippen LogP contribution in [0.15, 0.2) is 0 Å². The molecule has 0 unspecified atom stereocenters. The molecule has 0 bridgehead atoms.